The minimum atomic E-state index is -0.593. The Bertz CT molecular complexity index is 1250. The Morgan fingerprint density at radius 3 is 2.52 bits per heavy atom. The highest BCUT2D eigenvalue weighted by atomic mass is 19.1. The number of nitrogens with one attached hydrogen (secondary N) is 1. The molecule has 0 aliphatic rings. The lowest BCUT2D eigenvalue weighted by molar-refractivity contribution is 0.0990. The van der Waals surface area contributed by atoms with E-state index in [2.05, 4.69) is 10.3 Å². The van der Waals surface area contributed by atoms with Gasteiger partial charge in [-0.1, -0.05) is 30.3 Å². The van der Waals surface area contributed by atoms with Crippen LogP contribution in [0.25, 0.3) is 22.2 Å². The number of hydrogen-bond donors (Lipinski definition) is 2. The summed E-state index contributed by atoms with van der Waals surface area (Å²) >= 11 is 0. The van der Waals surface area contributed by atoms with Crippen LogP contribution < -0.4 is 11.1 Å². The van der Waals surface area contributed by atoms with Gasteiger partial charge in [-0.25, -0.2) is 9.37 Å². The van der Waals surface area contributed by atoms with Gasteiger partial charge in [0.1, 0.15) is 11.5 Å². The standard InChI is InChI=1S/C22H17FN4O2/c1-27-12-15(10-20(27)21(24)28)25-22(29)17-11-18(13-5-3-2-4-6-13)26-19-9-14(23)7-8-16(17)19/h2-12H,1H3,(H2,24,28)(H,25,29). The van der Waals surface area contributed by atoms with Crippen molar-refractivity contribution in [1.82, 2.24) is 9.55 Å². The van der Waals surface area contributed by atoms with Crippen molar-refractivity contribution in [2.75, 3.05) is 5.32 Å². The van der Waals surface area contributed by atoms with Crippen molar-refractivity contribution in [1.29, 1.82) is 0 Å². The number of anilines is 1. The predicted octanol–water partition coefficient (Wildman–Crippen LogP) is 3.73. The molecule has 7 heteroatoms. The van der Waals surface area contributed by atoms with Gasteiger partial charge >= 0.3 is 0 Å². The maximum Gasteiger partial charge on any atom is 0.265 e. The number of fused-ring (bicyclic) bond motifs is 1. The van der Waals surface area contributed by atoms with E-state index in [1.807, 2.05) is 30.3 Å². The zero-order valence-electron chi connectivity index (χ0n) is 15.5. The molecule has 29 heavy (non-hydrogen) atoms. The van der Waals surface area contributed by atoms with Gasteiger partial charge in [-0.3, -0.25) is 9.59 Å². The summed E-state index contributed by atoms with van der Waals surface area (Å²) in [5.41, 5.74) is 8.11. The molecule has 0 unspecified atom stereocenters. The number of rotatable bonds is 4. The second-order valence-corrected chi connectivity index (χ2v) is 6.63. The molecule has 0 aliphatic heterocycles. The van der Waals surface area contributed by atoms with Crippen molar-refractivity contribution in [3.63, 3.8) is 0 Å². The van der Waals surface area contributed by atoms with E-state index < -0.39 is 17.6 Å². The lowest BCUT2D eigenvalue weighted by Crippen LogP contribution is -2.14. The fraction of sp³-hybridized carbons (Fsp3) is 0.0455. The quantitative estimate of drug-likeness (QED) is 0.558. The molecule has 0 saturated heterocycles. The van der Waals surface area contributed by atoms with E-state index in [1.165, 1.54) is 28.8 Å². The molecule has 2 aromatic carbocycles. The molecule has 0 bridgehead atoms. The van der Waals surface area contributed by atoms with Crippen molar-refractivity contribution >= 4 is 28.4 Å². The van der Waals surface area contributed by atoms with Crippen LogP contribution in [0.3, 0.4) is 0 Å². The molecule has 0 fully saturated rings. The molecule has 2 aromatic heterocycles. The molecule has 4 aromatic rings. The Morgan fingerprint density at radius 2 is 1.83 bits per heavy atom. The summed E-state index contributed by atoms with van der Waals surface area (Å²) in [6, 6.07) is 16.6. The van der Waals surface area contributed by atoms with Crippen molar-refractivity contribution in [2.45, 2.75) is 0 Å². The molecule has 2 amide bonds. The van der Waals surface area contributed by atoms with Crippen LogP contribution in [0, 0.1) is 5.82 Å². The first-order valence-electron chi connectivity index (χ1n) is 8.85. The summed E-state index contributed by atoms with van der Waals surface area (Å²) in [7, 11) is 1.66. The number of hydrogen-bond acceptors (Lipinski definition) is 3. The summed E-state index contributed by atoms with van der Waals surface area (Å²) in [5, 5.41) is 3.29. The van der Waals surface area contributed by atoms with Gasteiger partial charge in [0.25, 0.3) is 11.8 Å². The van der Waals surface area contributed by atoms with E-state index in [4.69, 9.17) is 5.73 Å². The van der Waals surface area contributed by atoms with E-state index in [0.29, 0.717) is 27.8 Å². The Kier molecular flexibility index (Phi) is 4.56. The lowest BCUT2D eigenvalue weighted by Gasteiger charge is -2.10. The summed E-state index contributed by atoms with van der Waals surface area (Å²) < 4.78 is 15.3. The SMILES string of the molecule is Cn1cc(NC(=O)c2cc(-c3ccccc3)nc3cc(F)ccc23)cc1C(N)=O. The smallest absolute Gasteiger partial charge is 0.265 e. The Balaban J connectivity index is 1.80. The van der Waals surface area contributed by atoms with Crippen LogP contribution in [0.2, 0.25) is 0 Å². The topological polar surface area (TPSA) is 90.0 Å². The van der Waals surface area contributed by atoms with E-state index in [1.54, 1.807) is 19.3 Å². The van der Waals surface area contributed by atoms with Gasteiger partial charge < -0.3 is 15.6 Å². The first kappa shape index (κ1) is 18.4. The van der Waals surface area contributed by atoms with Gasteiger partial charge in [-0.2, -0.15) is 0 Å². The molecule has 0 atom stereocenters. The molecule has 0 spiro atoms. The maximum absolute atomic E-state index is 13.8. The monoisotopic (exact) mass is 388 g/mol. The number of halogens is 1. The Morgan fingerprint density at radius 1 is 1.07 bits per heavy atom. The summed E-state index contributed by atoms with van der Waals surface area (Å²) in [6.45, 7) is 0. The number of aryl methyl sites for hydroxylation is 1. The minimum Gasteiger partial charge on any atom is -0.364 e. The van der Waals surface area contributed by atoms with Gasteiger partial charge in [-0.05, 0) is 24.3 Å². The summed E-state index contributed by atoms with van der Waals surface area (Å²) in [6.07, 6.45) is 1.60. The molecular weight excluding hydrogens is 371 g/mol. The zero-order valence-corrected chi connectivity index (χ0v) is 15.5. The van der Waals surface area contributed by atoms with Crippen molar-refractivity contribution in [2.24, 2.45) is 12.8 Å². The van der Waals surface area contributed by atoms with Crippen LogP contribution in [0.5, 0.6) is 0 Å². The number of amides is 2. The highest BCUT2D eigenvalue weighted by Gasteiger charge is 2.16. The van der Waals surface area contributed by atoms with Crippen LogP contribution in [-0.4, -0.2) is 21.4 Å². The van der Waals surface area contributed by atoms with Gasteiger partial charge in [0, 0.05) is 30.3 Å². The van der Waals surface area contributed by atoms with Gasteiger partial charge in [0.2, 0.25) is 0 Å². The largest absolute Gasteiger partial charge is 0.364 e. The first-order valence-corrected chi connectivity index (χ1v) is 8.85. The Labute approximate surface area is 165 Å². The van der Waals surface area contributed by atoms with E-state index in [9.17, 15) is 14.0 Å². The van der Waals surface area contributed by atoms with Crippen LogP contribution in [0.1, 0.15) is 20.8 Å². The number of aromatic nitrogens is 2. The van der Waals surface area contributed by atoms with E-state index in [-0.39, 0.29) is 5.69 Å². The second-order valence-electron chi connectivity index (χ2n) is 6.63. The number of primary amides is 1. The number of benzene rings is 2. The summed E-state index contributed by atoms with van der Waals surface area (Å²) in [5.74, 6) is -1.43. The Hall–Kier alpha value is -4.00. The molecule has 2 heterocycles. The lowest BCUT2D eigenvalue weighted by atomic mass is 10.0. The predicted molar refractivity (Wildman–Crippen MR) is 109 cm³/mol. The molecule has 4 rings (SSSR count). The highest BCUT2D eigenvalue weighted by Crippen LogP contribution is 2.26. The molecule has 0 radical (unpaired) electrons. The molecule has 0 saturated carbocycles. The first-order chi connectivity index (χ1) is 13.9. The van der Waals surface area contributed by atoms with Gasteiger partial charge in [0.05, 0.1) is 22.5 Å². The second kappa shape index (κ2) is 7.20. The number of nitrogens with zero attached hydrogens (tertiary/aromatic N) is 2. The molecule has 144 valence electrons. The van der Waals surface area contributed by atoms with Gasteiger partial charge in [-0.15, -0.1) is 0 Å². The molecule has 0 aliphatic carbocycles. The minimum absolute atomic E-state index is 0.270. The normalized spacial score (nSPS) is 10.8. The fourth-order valence-electron chi connectivity index (χ4n) is 3.22. The zero-order chi connectivity index (χ0) is 20.5. The van der Waals surface area contributed by atoms with Crippen LogP contribution in [-0.2, 0) is 7.05 Å². The highest BCUT2D eigenvalue weighted by molar-refractivity contribution is 6.13. The van der Waals surface area contributed by atoms with E-state index in [0.717, 1.165) is 5.56 Å². The van der Waals surface area contributed by atoms with Crippen molar-refractivity contribution < 1.29 is 14.0 Å². The number of nitrogens with two attached hydrogens (primary N) is 1. The number of carbonyl (C=O) groups is 2. The van der Waals surface area contributed by atoms with Crippen LogP contribution >= 0.6 is 0 Å². The van der Waals surface area contributed by atoms with Crippen molar-refractivity contribution in [3.8, 4) is 11.3 Å². The third kappa shape index (κ3) is 3.58. The third-order valence-electron chi connectivity index (χ3n) is 4.60. The van der Waals surface area contributed by atoms with E-state index >= 15 is 0 Å². The third-order valence-corrected chi connectivity index (χ3v) is 4.60. The average Bonchev–Trinajstić information content (AvgIpc) is 3.07. The summed E-state index contributed by atoms with van der Waals surface area (Å²) in [4.78, 5) is 29.0. The molecule has 6 nitrogen and oxygen atoms in total. The molecular formula is C22H17FN4O2. The van der Waals surface area contributed by atoms with Crippen LogP contribution in [0.15, 0.2) is 66.9 Å². The number of carbonyl (C=O) groups excluding carboxylic acids is 2. The van der Waals surface area contributed by atoms with Crippen LogP contribution in [0.4, 0.5) is 10.1 Å². The average molecular weight is 388 g/mol. The molecule has 3 N–H and O–H groups in total. The number of pyridine rings is 1. The maximum atomic E-state index is 13.8. The van der Waals surface area contributed by atoms with Gasteiger partial charge in [0.15, 0.2) is 0 Å². The van der Waals surface area contributed by atoms with Crippen molar-refractivity contribution in [3.05, 3.63) is 83.9 Å². The fourth-order valence-corrected chi connectivity index (χ4v) is 3.22.